The van der Waals surface area contributed by atoms with Crippen LogP contribution in [-0.2, 0) is 0 Å². The largest absolute Gasteiger partial charge is 0.486 e. The van der Waals surface area contributed by atoms with Crippen LogP contribution in [0.3, 0.4) is 0 Å². The second kappa shape index (κ2) is 6.13. The first-order chi connectivity index (χ1) is 9.85. The Morgan fingerprint density at radius 2 is 1.95 bits per heavy atom. The molecule has 0 aliphatic heterocycles. The van der Waals surface area contributed by atoms with E-state index < -0.39 is 25.0 Å². The number of nitrogens with zero attached hydrogens (tertiary/aromatic N) is 1. The van der Waals surface area contributed by atoms with Crippen molar-refractivity contribution in [1.29, 1.82) is 0 Å². The zero-order valence-corrected chi connectivity index (χ0v) is 11.5. The summed E-state index contributed by atoms with van der Waals surface area (Å²) >= 11 is 1.08. The fraction of sp³-hybridized carbons (Fsp3) is 0.231. The Hall–Kier alpha value is -2.09. The molecule has 0 radical (unpaired) electrons. The molecule has 1 aromatic carbocycles. The van der Waals surface area contributed by atoms with Gasteiger partial charge in [-0.15, -0.1) is 0 Å². The van der Waals surface area contributed by atoms with Crippen molar-refractivity contribution >= 4 is 17.2 Å². The molecule has 2 N–H and O–H groups in total. The third kappa shape index (κ3) is 4.45. The van der Waals surface area contributed by atoms with Crippen molar-refractivity contribution in [2.45, 2.75) is 12.6 Å². The molecule has 112 valence electrons. The molecule has 2 aromatic rings. The molecule has 1 amide bonds. The summed E-state index contributed by atoms with van der Waals surface area (Å²) < 4.78 is 35.9. The maximum atomic E-state index is 12.0. The van der Waals surface area contributed by atoms with Crippen LogP contribution in [-0.4, -0.2) is 28.7 Å². The van der Waals surface area contributed by atoms with Gasteiger partial charge in [0, 0.05) is 23.1 Å². The average Bonchev–Trinajstić information content (AvgIpc) is 2.84. The second-order valence-electron chi connectivity index (χ2n) is 4.21. The number of aromatic hydroxyl groups is 1. The Balaban J connectivity index is 1.97. The number of hydrogen-bond donors (Lipinski definition) is 2. The molecule has 0 fully saturated rings. The average molecular weight is 316 g/mol. The maximum Gasteiger partial charge on any atom is 0.390 e. The number of hydrogen-bond acceptors (Lipinski definition) is 4. The number of aromatic nitrogens is 1. The number of thiazole rings is 1. The highest BCUT2D eigenvalue weighted by molar-refractivity contribution is 7.11. The van der Waals surface area contributed by atoms with E-state index in [1.807, 2.05) is 0 Å². The molecule has 0 saturated heterocycles. The molecule has 0 aliphatic carbocycles. The highest BCUT2D eigenvalue weighted by Gasteiger charge is 2.26. The topological polar surface area (TPSA) is 62.2 Å². The number of rotatable bonds is 4. The minimum Gasteiger partial charge on any atom is -0.486 e. The number of carbonyl (C=O) groups excluding carboxylic acids is 1. The number of alkyl halides is 3. The molecule has 1 aromatic heterocycles. The zero-order chi connectivity index (χ0) is 15.5. The molecule has 0 atom stereocenters. The molecule has 2 rings (SSSR count). The van der Waals surface area contributed by atoms with Crippen LogP contribution in [0.1, 0.15) is 16.8 Å². The van der Waals surface area contributed by atoms with Gasteiger partial charge in [0.1, 0.15) is 0 Å². The third-order valence-corrected chi connectivity index (χ3v) is 3.27. The molecule has 0 spiro atoms. The number of halogens is 3. The lowest BCUT2D eigenvalue weighted by Crippen LogP contribution is -2.27. The van der Waals surface area contributed by atoms with Gasteiger partial charge in [0.15, 0.2) is 0 Å². The normalized spacial score (nSPS) is 11.4. The monoisotopic (exact) mass is 316 g/mol. The summed E-state index contributed by atoms with van der Waals surface area (Å²) in [6.45, 7) is -0.454. The molecule has 0 saturated carbocycles. The molecular formula is C13H11F3N2O2S. The molecule has 1 heterocycles. The van der Waals surface area contributed by atoms with E-state index in [0.717, 1.165) is 11.3 Å². The van der Waals surface area contributed by atoms with E-state index in [2.05, 4.69) is 10.3 Å². The summed E-state index contributed by atoms with van der Waals surface area (Å²) in [6, 6.07) is 6.23. The van der Waals surface area contributed by atoms with Gasteiger partial charge in [-0.05, 0) is 12.1 Å². The number of carbonyl (C=O) groups is 1. The third-order valence-electron chi connectivity index (χ3n) is 2.63. The van der Waals surface area contributed by atoms with Crippen LogP contribution in [0.25, 0.3) is 11.3 Å². The van der Waals surface area contributed by atoms with Crippen molar-refractivity contribution in [3.63, 3.8) is 0 Å². The highest BCUT2D eigenvalue weighted by Crippen LogP contribution is 2.25. The summed E-state index contributed by atoms with van der Waals surface area (Å²) in [5.41, 5.74) is 1.54. The van der Waals surface area contributed by atoms with Gasteiger partial charge >= 0.3 is 6.18 Å². The van der Waals surface area contributed by atoms with E-state index in [4.69, 9.17) is 0 Å². The Morgan fingerprint density at radius 3 is 2.48 bits per heavy atom. The van der Waals surface area contributed by atoms with Crippen LogP contribution in [0.2, 0.25) is 0 Å². The molecule has 0 bridgehead atoms. The van der Waals surface area contributed by atoms with Gasteiger partial charge in [0.2, 0.25) is 0 Å². The quantitative estimate of drug-likeness (QED) is 0.910. The van der Waals surface area contributed by atoms with E-state index in [1.165, 1.54) is 12.1 Å². The van der Waals surface area contributed by atoms with E-state index in [1.54, 1.807) is 17.5 Å². The van der Waals surface area contributed by atoms with E-state index >= 15 is 0 Å². The molecule has 21 heavy (non-hydrogen) atoms. The van der Waals surface area contributed by atoms with Crippen molar-refractivity contribution in [2.24, 2.45) is 0 Å². The lowest BCUT2D eigenvalue weighted by Gasteiger charge is -2.08. The second-order valence-corrected chi connectivity index (χ2v) is 5.05. The molecule has 8 heteroatoms. The summed E-state index contributed by atoms with van der Waals surface area (Å²) in [5.74, 6) is -0.563. The van der Waals surface area contributed by atoms with Crippen molar-refractivity contribution in [3.05, 3.63) is 35.2 Å². The van der Waals surface area contributed by atoms with E-state index in [0.29, 0.717) is 11.3 Å². The van der Waals surface area contributed by atoms with Gasteiger partial charge in [-0.25, -0.2) is 4.98 Å². The Bertz CT molecular complexity index is 623. The lowest BCUT2D eigenvalue weighted by atomic mass is 10.1. The van der Waals surface area contributed by atoms with Crippen LogP contribution < -0.4 is 5.32 Å². The first kappa shape index (κ1) is 15.3. The van der Waals surface area contributed by atoms with E-state index in [-0.39, 0.29) is 10.8 Å². The van der Waals surface area contributed by atoms with Gasteiger partial charge in [-0.1, -0.05) is 23.5 Å². The minimum atomic E-state index is -4.29. The van der Waals surface area contributed by atoms with Crippen molar-refractivity contribution in [2.75, 3.05) is 6.54 Å². The predicted octanol–water partition coefficient (Wildman–Crippen LogP) is 3.20. The molecular weight excluding hydrogens is 305 g/mol. The number of nitrogens with one attached hydrogen (secondary N) is 1. The van der Waals surface area contributed by atoms with Gasteiger partial charge in [-0.2, -0.15) is 13.2 Å². The summed E-state index contributed by atoms with van der Waals surface area (Å²) in [6.07, 6.45) is -5.35. The summed E-state index contributed by atoms with van der Waals surface area (Å²) in [7, 11) is 0. The van der Waals surface area contributed by atoms with Crippen LogP contribution >= 0.6 is 11.3 Å². The smallest absolute Gasteiger partial charge is 0.390 e. The Kier molecular flexibility index (Phi) is 4.46. The molecule has 0 aliphatic rings. The molecule has 0 unspecified atom stereocenters. The lowest BCUT2D eigenvalue weighted by molar-refractivity contribution is -0.132. The Morgan fingerprint density at radius 1 is 1.29 bits per heavy atom. The number of amides is 1. The SMILES string of the molecule is O=C(NCCC(F)(F)F)c1ccc(-c2csc(O)n2)cc1. The highest BCUT2D eigenvalue weighted by atomic mass is 32.1. The van der Waals surface area contributed by atoms with E-state index in [9.17, 15) is 23.1 Å². The molecule has 4 nitrogen and oxygen atoms in total. The predicted molar refractivity (Wildman–Crippen MR) is 72.2 cm³/mol. The van der Waals surface area contributed by atoms with Gasteiger partial charge in [-0.3, -0.25) is 4.79 Å². The zero-order valence-electron chi connectivity index (χ0n) is 10.6. The number of benzene rings is 1. The van der Waals surface area contributed by atoms with Crippen LogP contribution in [0.5, 0.6) is 5.19 Å². The van der Waals surface area contributed by atoms with Crippen molar-refractivity contribution < 1.29 is 23.1 Å². The maximum absolute atomic E-state index is 12.0. The van der Waals surface area contributed by atoms with Crippen LogP contribution in [0.15, 0.2) is 29.6 Å². The van der Waals surface area contributed by atoms with Gasteiger partial charge in [0.05, 0.1) is 12.1 Å². The first-order valence-electron chi connectivity index (χ1n) is 5.95. The van der Waals surface area contributed by atoms with Crippen molar-refractivity contribution in [3.8, 4) is 16.5 Å². The first-order valence-corrected chi connectivity index (χ1v) is 6.83. The minimum absolute atomic E-state index is 0.0565. The van der Waals surface area contributed by atoms with Crippen molar-refractivity contribution in [1.82, 2.24) is 10.3 Å². The van der Waals surface area contributed by atoms with Crippen LogP contribution in [0, 0.1) is 0 Å². The summed E-state index contributed by atoms with van der Waals surface area (Å²) in [4.78, 5) is 15.5. The fourth-order valence-corrected chi connectivity index (χ4v) is 2.17. The Labute approximate surface area is 122 Å². The standard InChI is InChI=1S/C13H11F3N2O2S/c14-13(15,16)5-6-17-11(19)9-3-1-8(2-4-9)10-7-21-12(20)18-10/h1-4,7H,5-6H2,(H,17,19)(H,18,20). The van der Waals surface area contributed by atoms with Gasteiger partial charge < -0.3 is 10.4 Å². The van der Waals surface area contributed by atoms with Crippen LogP contribution in [0.4, 0.5) is 13.2 Å². The fourth-order valence-electron chi connectivity index (χ4n) is 1.61. The summed E-state index contributed by atoms with van der Waals surface area (Å²) in [5, 5.41) is 13.0. The van der Waals surface area contributed by atoms with Gasteiger partial charge in [0.25, 0.3) is 11.1 Å².